The third-order valence-corrected chi connectivity index (χ3v) is 3.40. The van der Waals surface area contributed by atoms with Crippen molar-refractivity contribution in [3.05, 3.63) is 0 Å². The van der Waals surface area contributed by atoms with Gasteiger partial charge in [-0.1, -0.05) is 6.92 Å². The molecule has 92 valence electrons. The van der Waals surface area contributed by atoms with E-state index >= 15 is 0 Å². The monoisotopic (exact) mass is 238 g/mol. The summed E-state index contributed by atoms with van der Waals surface area (Å²) in [5.74, 6) is 0. The molecule has 0 fully saturated rings. The maximum absolute atomic E-state index is 11.2. The highest BCUT2D eigenvalue weighted by atomic mass is 32.2. The molecule has 6 heteroatoms. The van der Waals surface area contributed by atoms with Crippen LogP contribution in [0.4, 0.5) is 0 Å². The lowest BCUT2D eigenvalue weighted by Gasteiger charge is -2.17. The third kappa shape index (κ3) is 7.72. The van der Waals surface area contributed by atoms with Crippen molar-refractivity contribution in [1.82, 2.24) is 9.62 Å². The highest BCUT2D eigenvalue weighted by Gasteiger charge is 2.12. The van der Waals surface area contributed by atoms with Crippen LogP contribution in [0.1, 0.15) is 20.3 Å². The number of nitrogens with one attached hydrogen (secondary N) is 1. The molecule has 0 amide bonds. The van der Waals surface area contributed by atoms with Crippen LogP contribution in [0.15, 0.2) is 0 Å². The van der Waals surface area contributed by atoms with E-state index in [1.54, 1.807) is 6.92 Å². The SMILES string of the molecule is CCN(CCCNC[C@H](C)O)S(C)(=O)=O. The fraction of sp³-hybridized carbons (Fsp3) is 1.00. The zero-order valence-electron chi connectivity index (χ0n) is 9.73. The second-order valence-corrected chi connectivity index (χ2v) is 5.64. The molecule has 0 aromatic rings. The van der Waals surface area contributed by atoms with E-state index in [0.29, 0.717) is 19.6 Å². The number of hydrogen-bond donors (Lipinski definition) is 2. The van der Waals surface area contributed by atoms with Crippen molar-refractivity contribution < 1.29 is 13.5 Å². The Bertz CT molecular complexity index is 252. The first-order valence-corrected chi connectivity index (χ1v) is 7.06. The average molecular weight is 238 g/mol. The predicted molar refractivity (Wildman–Crippen MR) is 61.3 cm³/mol. The van der Waals surface area contributed by atoms with Gasteiger partial charge in [0.2, 0.25) is 10.0 Å². The molecule has 0 aromatic carbocycles. The van der Waals surface area contributed by atoms with E-state index in [0.717, 1.165) is 13.0 Å². The lowest BCUT2D eigenvalue weighted by Crippen LogP contribution is -2.33. The van der Waals surface area contributed by atoms with Crippen LogP contribution >= 0.6 is 0 Å². The fourth-order valence-corrected chi connectivity index (χ4v) is 2.18. The minimum Gasteiger partial charge on any atom is -0.392 e. The third-order valence-electron chi connectivity index (χ3n) is 2.02. The molecule has 0 unspecified atom stereocenters. The summed E-state index contributed by atoms with van der Waals surface area (Å²) in [4.78, 5) is 0. The predicted octanol–water partition coefficient (Wildman–Crippen LogP) is -0.372. The minimum atomic E-state index is -3.06. The maximum atomic E-state index is 11.2. The van der Waals surface area contributed by atoms with Crippen LogP contribution in [-0.2, 0) is 10.0 Å². The van der Waals surface area contributed by atoms with Crippen molar-refractivity contribution >= 4 is 10.0 Å². The van der Waals surface area contributed by atoms with Crippen molar-refractivity contribution in [1.29, 1.82) is 0 Å². The van der Waals surface area contributed by atoms with Crippen LogP contribution < -0.4 is 5.32 Å². The van der Waals surface area contributed by atoms with Gasteiger partial charge < -0.3 is 10.4 Å². The smallest absolute Gasteiger partial charge is 0.211 e. The van der Waals surface area contributed by atoms with Gasteiger partial charge in [0, 0.05) is 19.6 Å². The van der Waals surface area contributed by atoms with E-state index in [-0.39, 0.29) is 6.10 Å². The molecule has 0 aliphatic heterocycles. The molecule has 1 atom stereocenters. The van der Waals surface area contributed by atoms with Crippen molar-refractivity contribution in [3.8, 4) is 0 Å². The Balaban J connectivity index is 3.66. The van der Waals surface area contributed by atoms with E-state index in [1.807, 2.05) is 6.92 Å². The second-order valence-electron chi connectivity index (χ2n) is 3.66. The van der Waals surface area contributed by atoms with Gasteiger partial charge in [0.05, 0.1) is 12.4 Å². The van der Waals surface area contributed by atoms with Crippen molar-refractivity contribution in [3.63, 3.8) is 0 Å². The number of rotatable bonds is 8. The van der Waals surface area contributed by atoms with Gasteiger partial charge in [-0.2, -0.15) is 0 Å². The summed E-state index contributed by atoms with van der Waals surface area (Å²) < 4.78 is 23.8. The largest absolute Gasteiger partial charge is 0.392 e. The number of sulfonamides is 1. The number of aliphatic hydroxyl groups is 1. The first-order valence-electron chi connectivity index (χ1n) is 5.21. The molecule has 0 saturated heterocycles. The summed E-state index contributed by atoms with van der Waals surface area (Å²) >= 11 is 0. The molecule has 0 aliphatic carbocycles. The highest BCUT2D eigenvalue weighted by Crippen LogP contribution is 1.97. The van der Waals surface area contributed by atoms with Gasteiger partial charge in [0.15, 0.2) is 0 Å². The Morgan fingerprint density at radius 1 is 1.47 bits per heavy atom. The summed E-state index contributed by atoms with van der Waals surface area (Å²) in [5.41, 5.74) is 0. The van der Waals surface area contributed by atoms with Crippen molar-refractivity contribution in [2.75, 3.05) is 32.4 Å². The van der Waals surface area contributed by atoms with Gasteiger partial charge in [-0.15, -0.1) is 0 Å². The molecule has 0 bridgehead atoms. The van der Waals surface area contributed by atoms with Crippen molar-refractivity contribution in [2.45, 2.75) is 26.4 Å². The average Bonchev–Trinajstić information content (AvgIpc) is 2.08. The number of nitrogens with zero attached hydrogens (tertiary/aromatic N) is 1. The Labute approximate surface area is 92.5 Å². The summed E-state index contributed by atoms with van der Waals surface area (Å²) in [6.45, 7) is 5.84. The zero-order valence-corrected chi connectivity index (χ0v) is 10.5. The molecule has 5 nitrogen and oxygen atoms in total. The van der Waals surface area contributed by atoms with Crippen LogP contribution in [0.5, 0.6) is 0 Å². The zero-order chi connectivity index (χ0) is 11.9. The topological polar surface area (TPSA) is 69.6 Å². The Kier molecular flexibility index (Phi) is 7.08. The second kappa shape index (κ2) is 7.16. The Morgan fingerprint density at radius 3 is 2.47 bits per heavy atom. The van der Waals surface area contributed by atoms with E-state index < -0.39 is 10.0 Å². The van der Waals surface area contributed by atoms with Gasteiger partial charge in [-0.3, -0.25) is 0 Å². The van der Waals surface area contributed by atoms with E-state index in [9.17, 15) is 8.42 Å². The van der Waals surface area contributed by atoms with Gasteiger partial charge in [0.1, 0.15) is 0 Å². The van der Waals surface area contributed by atoms with Crippen LogP contribution in [0.3, 0.4) is 0 Å². The van der Waals surface area contributed by atoms with Crippen LogP contribution in [0.2, 0.25) is 0 Å². The van der Waals surface area contributed by atoms with Crippen molar-refractivity contribution in [2.24, 2.45) is 0 Å². The molecule has 0 aliphatic rings. The summed E-state index contributed by atoms with van der Waals surface area (Å²) in [6, 6.07) is 0. The number of hydrogen-bond acceptors (Lipinski definition) is 4. The van der Waals surface area contributed by atoms with Gasteiger partial charge in [-0.05, 0) is 19.9 Å². The molecule has 0 radical (unpaired) electrons. The lowest BCUT2D eigenvalue weighted by atomic mass is 10.3. The first-order chi connectivity index (χ1) is 6.88. The van der Waals surface area contributed by atoms with E-state index in [4.69, 9.17) is 5.11 Å². The fourth-order valence-electron chi connectivity index (χ4n) is 1.25. The van der Waals surface area contributed by atoms with E-state index in [2.05, 4.69) is 5.32 Å². The molecular formula is C9H22N2O3S. The molecule has 2 N–H and O–H groups in total. The molecular weight excluding hydrogens is 216 g/mol. The first kappa shape index (κ1) is 14.8. The van der Waals surface area contributed by atoms with E-state index in [1.165, 1.54) is 10.6 Å². The standard InChI is InChI=1S/C9H22N2O3S/c1-4-11(15(3,13)14)7-5-6-10-8-9(2)12/h9-10,12H,4-8H2,1-3H3/t9-/m0/s1. The normalized spacial score (nSPS) is 14.5. The van der Waals surface area contributed by atoms with Gasteiger partial charge in [0.25, 0.3) is 0 Å². The molecule has 15 heavy (non-hydrogen) atoms. The summed E-state index contributed by atoms with van der Waals surface area (Å²) in [5, 5.41) is 12.0. The van der Waals surface area contributed by atoms with Gasteiger partial charge >= 0.3 is 0 Å². The van der Waals surface area contributed by atoms with Crippen LogP contribution in [0.25, 0.3) is 0 Å². The Morgan fingerprint density at radius 2 is 2.07 bits per heavy atom. The summed E-state index contributed by atoms with van der Waals surface area (Å²) in [6.07, 6.45) is 1.62. The van der Waals surface area contributed by atoms with Gasteiger partial charge in [-0.25, -0.2) is 12.7 Å². The quantitative estimate of drug-likeness (QED) is 0.566. The summed E-state index contributed by atoms with van der Waals surface area (Å²) in [7, 11) is -3.06. The number of aliphatic hydroxyl groups excluding tert-OH is 1. The van der Waals surface area contributed by atoms with Crippen LogP contribution in [0, 0.1) is 0 Å². The minimum absolute atomic E-state index is 0.359. The molecule has 0 rings (SSSR count). The maximum Gasteiger partial charge on any atom is 0.211 e. The molecule has 0 saturated carbocycles. The van der Waals surface area contributed by atoms with Crippen LogP contribution in [-0.4, -0.2) is 56.4 Å². The highest BCUT2D eigenvalue weighted by molar-refractivity contribution is 7.88. The Hall–Kier alpha value is -0.170. The lowest BCUT2D eigenvalue weighted by molar-refractivity contribution is 0.191. The molecule has 0 spiro atoms. The molecule has 0 heterocycles. The molecule has 0 aromatic heterocycles.